The van der Waals surface area contributed by atoms with Crippen molar-refractivity contribution in [3.63, 3.8) is 0 Å². The van der Waals surface area contributed by atoms with Crippen molar-refractivity contribution >= 4 is 11.0 Å². The highest BCUT2D eigenvalue weighted by Gasteiger charge is 2.29. The van der Waals surface area contributed by atoms with Crippen molar-refractivity contribution in [3.05, 3.63) is 24.3 Å². The third-order valence-electron chi connectivity index (χ3n) is 3.81. The Bertz CT molecular complexity index is 552. The van der Waals surface area contributed by atoms with E-state index in [1.165, 1.54) is 24.2 Å². The Kier molecular flexibility index (Phi) is 1.99. The highest BCUT2D eigenvalue weighted by Crippen LogP contribution is 2.39. The van der Waals surface area contributed by atoms with Gasteiger partial charge in [0.25, 0.3) is 0 Å². The Labute approximate surface area is 100 Å². The summed E-state index contributed by atoms with van der Waals surface area (Å²) in [7, 11) is 0. The average Bonchev–Trinajstić information content (AvgIpc) is 3.05. The number of imidazole rings is 1. The number of fused-ring (bicyclic) bond motifs is 1. The normalized spacial score (nSPS) is 20.7. The quantitative estimate of drug-likeness (QED) is 0.866. The van der Waals surface area contributed by atoms with Crippen molar-refractivity contribution in [2.24, 2.45) is 5.92 Å². The minimum absolute atomic E-state index is 0.699. The summed E-state index contributed by atoms with van der Waals surface area (Å²) in [6, 6.07) is 2.80. The molecular weight excluding hydrogens is 212 g/mol. The van der Waals surface area contributed by atoms with Crippen molar-refractivity contribution in [3.8, 4) is 0 Å². The molecule has 4 nitrogen and oxygen atoms in total. The first-order valence-corrected chi connectivity index (χ1v) is 6.43. The Morgan fingerprint density at radius 1 is 1.35 bits per heavy atom. The van der Waals surface area contributed by atoms with Crippen LogP contribution in [0.25, 0.3) is 11.0 Å². The molecule has 3 heterocycles. The van der Waals surface area contributed by atoms with Gasteiger partial charge in [-0.1, -0.05) is 0 Å². The molecule has 0 spiro atoms. The van der Waals surface area contributed by atoms with Gasteiger partial charge in [0.2, 0.25) is 0 Å². The summed E-state index contributed by atoms with van der Waals surface area (Å²) in [6.45, 7) is 2.29. The van der Waals surface area contributed by atoms with Crippen LogP contribution < -0.4 is 5.32 Å². The SMILES string of the molecule is c1cc2c(cn1)nc(CC1CNC1)n2C1CC1. The van der Waals surface area contributed by atoms with Gasteiger partial charge in [-0.15, -0.1) is 0 Å². The predicted molar refractivity (Wildman–Crippen MR) is 65.9 cm³/mol. The van der Waals surface area contributed by atoms with E-state index in [0.717, 1.165) is 30.9 Å². The van der Waals surface area contributed by atoms with Crippen LogP contribution in [-0.2, 0) is 6.42 Å². The summed E-state index contributed by atoms with van der Waals surface area (Å²) in [4.78, 5) is 8.94. The molecule has 1 aliphatic carbocycles. The smallest absolute Gasteiger partial charge is 0.110 e. The Morgan fingerprint density at radius 2 is 2.24 bits per heavy atom. The van der Waals surface area contributed by atoms with Crippen molar-refractivity contribution in [2.75, 3.05) is 13.1 Å². The van der Waals surface area contributed by atoms with Gasteiger partial charge in [-0.3, -0.25) is 4.98 Å². The molecule has 0 radical (unpaired) electrons. The Balaban J connectivity index is 1.80. The zero-order valence-electron chi connectivity index (χ0n) is 9.76. The maximum atomic E-state index is 4.77. The van der Waals surface area contributed by atoms with Crippen molar-refractivity contribution in [1.82, 2.24) is 19.9 Å². The van der Waals surface area contributed by atoms with E-state index in [2.05, 4.69) is 20.9 Å². The number of pyridine rings is 1. The zero-order chi connectivity index (χ0) is 11.2. The second-order valence-corrected chi connectivity index (χ2v) is 5.22. The van der Waals surface area contributed by atoms with Crippen molar-refractivity contribution in [2.45, 2.75) is 25.3 Å². The van der Waals surface area contributed by atoms with E-state index in [1.807, 2.05) is 12.4 Å². The van der Waals surface area contributed by atoms with Crippen LogP contribution in [0.15, 0.2) is 18.5 Å². The summed E-state index contributed by atoms with van der Waals surface area (Å²) >= 11 is 0. The number of hydrogen-bond donors (Lipinski definition) is 1. The lowest BCUT2D eigenvalue weighted by Crippen LogP contribution is -2.43. The highest BCUT2D eigenvalue weighted by atomic mass is 15.1. The molecule has 0 amide bonds. The molecule has 0 atom stereocenters. The van der Waals surface area contributed by atoms with Crippen LogP contribution in [-0.4, -0.2) is 27.6 Å². The van der Waals surface area contributed by atoms with Gasteiger partial charge >= 0.3 is 0 Å². The number of rotatable bonds is 3. The monoisotopic (exact) mass is 228 g/mol. The van der Waals surface area contributed by atoms with Gasteiger partial charge in [-0.05, 0) is 37.9 Å². The molecular formula is C13H16N4. The minimum atomic E-state index is 0.699. The van der Waals surface area contributed by atoms with E-state index >= 15 is 0 Å². The van der Waals surface area contributed by atoms with E-state index in [-0.39, 0.29) is 0 Å². The van der Waals surface area contributed by atoms with Crippen LogP contribution in [0.3, 0.4) is 0 Å². The molecule has 2 aromatic heterocycles. The van der Waals surface area contributed by atoms with Gasteiger partial charge in [-0.25, -0.2) is 4.98 Å². The second kappa shape index (κ2) is 3.53. The minimum Gasteiger partial charge on any atom is -0.325 e. The molecule has 0 aromatic carbocycles. The lowest BCUT2D eigenvalue weighted by atomic mass is 9.99. The van der Waals surface area contributed by atoms with E-state index in [9.17, 15) is 0 Å². The van der Waals surface area contributed by atoms with Crippen molar-refractivity contribution in [1.29, 1.82) is 0 Å². The maximum Gasteiger partial charge on any atom is 0.110 e. The lowest BCUT2D eigenvalue weighted by Gasteiger charge is -2.26. The second-order valence-electron chi connectivity index (χ2n) is 5.22. The van der Waals surface area contributed by atoms with Crippen LogP contribution in [0.2, 0.25) is 0 Å². The maximum absolute atomic E-state index is 4.77. The van der Waals surface area contributed by atoms with Gasteiger partial charge in [0.05, 0.1) is 11.7 Å². The molecule has 1 saturated heterocycles. The van der Waals surface area contributed by atoms with Crippen LogP contribution >= 0.6 is 0 Å². The van der Waals surface area contributed by atoms with Gasteiger partial charge in [0, 0.05) is 18.7 Å². The Morgan fingerprint density at radius 3 is 2.94 bits per heavy atom. The highest BCUT2D eigenvalue weighted by molar-refractivity contribution is 5.75. The fourth-order valence-electron chi connectivity index (χ4n) is 2.64. The van der Waals surface area contributed by atoms with Crippen LogP contribution in [0.5, 0.6) is 0 Å². The van der Waals surface area contributed by atoms with E-state index in [0.29, 0.717) is 6.04 Å². The zero-order valence-corrected chi connectivity index (χ0v) is 9.76. The topological polar surface area (TPSA) is 42.7 Å². The number of hydrogen-bond acceptors (Lipinski definition) is 3. The summed E-state index contributed by atoms with van der Waals surface area (Å²) in [5, 5.41) is 3.33. The fraction of sp³-hybridized carbons (Fsp3) is 0.538. The van der Waals surface area contributed by atoms with Crippen LogP contribution in [0.1, 0.15) is 24.7 Å². The fourth-order valence-corrected chi connectivity index (χ4v) is 2.64. The molecule has 0 bridgehead atoms. The molecule has 2 fully saturated rings. The molecule has 0 unspecified atom stereocenters. The largest absolute Gasteiger partial charge is 0.325 e. The number of aromatic nitrogens is 3. The van der Waals surface area contributed by atoms with Crippen LogP contribution in [0, 0.1) is 5.92 Å². The molecule has 1 aliphatic heterocycles. The molecule has 88 valence electrons. The average molecular weight is 228 g/mol. The van der Waals surface area contributed by atoms with Gasteiger partial charge in [0.1, 0.15) is 11.3 Å². The Hall–Kier alpha value is -1.42. The van der Waals surface area contributed by atoms with E-state index in [1.54, 1.807) is 0 Å². The molecule has 1 saturated carbocycles. The lowest BCUT2D eigenvalue weighted by molar-refractivity contribution is 0.337. The number of nitrogens with one attached hydrogen (secondary N) is 1. The van der Waals surface area contributed by atoms with Crippen molar-refractivity contribution < 1.29 is 0 Å². The van der Waals surface area contributed by atoms with Gasteiger partial charge in [-0.2, -0.15) is 0 Å². The summed E-state index contributed by atoms with van der Waals surface area (Å²) in [6.07, 6.45) is 7.49. The summed E-state index contributed by atoms with van der Waals surface area (Å²) < 4.78 is 2.45. The summed E-state index contributed by atoms with van der Waals surface area (Å²) in [5.41, 5.74) is 2.33. The van der Waals surface area contributed by atoms with Gasteiger partial charge in [0.15, 0.2) is 0 Å². The standard InChI is InChI=1S/C13H16N4/c1-2-10(1)17-12-3-4-14-8-11(12)16-13(17)5-9-6-15-7-9/h3-4,8-10,15H,1-2,5-7H2. The number of nitrogens with zero attached hydrogens (tertiary/aromatic N) is 3. The third-order valence-corrected chi connectivity index (χ3v) is 3.81. The van der Waals surface area contributed by atoms with E-state index in [4.69, 9.17) is 4.98 Å². The molecule has 2 aromatic rings. The molecule has 4 heteroatoms. The molecule has 4 rings (SSSR count). The molecule has 1 N–H and O–H groups in total. The third kappa shape index (κ3) is 1.55. The van der Waals surface area contributed by atoms with E-state index < -0.39 is 0 Å². The first kappa shape index (κ1) is 9.59. The van der Waals surface area contributed by atoms with Gasteiger partial charge < -0.3 is 9.88 Å². The molecule has 17 heavy (non-hydrogen) atoms. The van der Waals surface area contributed by atoms with Crippen LogP contribution in [0.4, 0.5) is 0 Å². The predicted octanol–water partition coefficient (Wildman–Crippen LogP) is 1.53. The summed E-state index contributed by atoms with van der Waals surface area (Å²) in [5.74, 6) is 2.04. The first-order chi connectivity index (χ1) is 8.42. The molecule has 2 aliphatic rings. The first-order valence-electron chi connectivity index (χ1n) is 6.43.